The smallest absolute Gasteiger partial charge is 0.255 e. The maximum absolute atomic E-state index is 13.2. The molecule has 0 heterocycles. The molecular weight excluding hydrogens is 274 g/mol. The normalized spacial score (nSPS) is 10.7. The first-order valence-corrected chi connectivity index (χ1v) is 6.46. The van der Waals surface area contributed by atoms with Gasteiger partial charge in [-0.15, -0.1) is 0 Å². The van der Waals surface area contributed by atoms with E-state index in [0.29, 0.717) is 12.2 Å². The Kier molecular flexibility index (Phi) is 4.65. The van der Waals surface area contributed by atoms with Crippen LogP contribution in [0.2, 0.25) is 0 Å². The van der Waals surface area contributed by atoms with Crippen LogP contribution < -0.4 is 5.32 Å². The second-order valence-corrected chi connectivity index (χ2v) is 4.98. The zero-order valence-corrected chi connectivity index (χ0v) is 11.9. The van der Waals surface area contributed by atoms with Crippen LogP contribution in [0.15, 0.2) is 42.5 Å². The van der Waals surface area contributed by atoms with Gasteiger partial charge in [0.15, 0.2) is 11.6 Å². The first-order chi connectivity index (χ1) is 9.97. The second kappa shape index (κ2) is 6.45. The minimum Gasteiger partial charge on any atom is -0.322 e. The van der Waals surface area contributed by atoms with Crippen LogP contribution in [-0.4, -0.2) is 24.9 Å². The Bertz CT molecular complexity index is 656. The summed E-state index contributed by atoms with van der Waals surface area (Å²) >= 11 is 0. The summed E-state index contributed by atoms with van der Waals surface area (Å²) in [6.45, 7) is 0.661. The molecule has 0 fully saturated rings. The van der Waals surface area contributed by atoms with Gasteiger partial charge in [-0.05, 0) is 43.9 Å². The van der Waals surface area contributed by atoms with Gasteiger partial charge in [0.25, 0.3) is 5.91 Å². The molecule has 2 rings (SSSR count). The van der Waals surface area contributed by atoms with Gasteiger partial charge in [-0.25, -0.2) is 8.78 Å². The number of carbonyl (C=O) groups is 1. The van der Waals surface area contributed by atoms with Crippen LogP contribution >= 0.6 is 0 Å². The SMILES string of the molecule is CN(C)Cc1ccccc1NC(=O)c1ccc(F)c(F)c1. The molecule has 2 aromatic carbocycles. The number of carbonyl (C=O) groups excluding carboxylic acids is 1. The number of benzene rings is 2. The number of amides is 1. The Morgan fingerprint density at radius 2 is 1.81 bits per heavy atom. The highest BCUT2D eigenvalue weighted by atomic mass is 19.2. The number of halogens is 2. The van der Waals surface area contributed by atoms with Gasteiger partial charge in [-0.2, -0.15) is 0 Å². The molecule has 21 heavy (non-hydrogen) atoms. The van der Waals surface area contributed by atoms with Crippen LogP contribution in [0.3, 0.4) is 0 Å². The highest BCUT2D eigenvalue weighted by Gasteiger charge is 2.12. The summed E-state index contributed by atoms with van der Waals surface area (Å²) in [6, 6.07) is 10.4. The molecule has 0 atom stereocenters. The van der Waals surface area contributed by atoms with E-state index in [1.54, 1.807) is 12.1 Å². The van der Waals surface area contributed by atoms with Crippen LogP contribution in [0, 0.1) is 11.6 Å². The summed E-state index contributed by atoms with van der Waals surface area (Å²) in [6.07, 6.45) is 0. The molecule has 0 saturated heterocycles. The van der Waals surface area contributed by atoms with Crippen molar-refractivity contribution in [2.24, 2.45) is 0 Å². The monoisotopic (exact) mass is 290 g/mol. The first-order valence-electron chi connectivity index (χ1n) is 6.46. The van der Waals surface area contributed by atoms with Crippen LogP contribution in [-0.2, 0) is 6.54 Å². The van der Waals surface area contributed by atoms with Crippen molar-refractivity contribution in [3.8, 4) is 0 Å². The Morgan fingerprint density at radius 3 is 2.48 bits per heavy atom. The Morgan fingerprint density at radius 1 is 1.10 bits per heavy atom. The molecule has 0 unspecified atom stereocenters. The molecule has 0 spiro atoms. The van der Waals surface area contributed by atoms with Gasteiger partial charge in [-0.3, -0.25) is 4.79 Å². The van der Waals surface area contributed by atoms with Crippen molar-refractivity contribution in [1.82, 2.24) is 4.90 Å². The van der Waals surface area contributed by atoms with E-state index < -0.39 is 17.5 Å². The number of hydrogen-bond donors (Lipinski definition) is 1. The average molecular weight is 290 g/mol. The lowest BCUT2D eigenvalue weighted by Crippen LogP contribution is -2.16. The van der Waals surface area contributed by atoms with Crippen LogP contribution in [0.5, 0.6) is 0 Å². The fourth-order valence-corrected chi connectivity index (χ4v) is 1.95. The molecule has 1 N–H and O–H groups in total. The predicted octanol–water partition coefficient (Wildman–Crippen LogP) is 3.28. The molecule has 0 bridgehead atoms. The zero-order valence-electron chi connectivity index (χ0n) is 11.9. The van der Waals surface area contributed by atoms with E-state index in [-0.39, 0.29) is 5.56 Å². The molecule has 2 aromatic rings. The first kappa shape index (κ1) is 15.1. The number of rotatable bonds is 4. The van der Waals surface area contributed by atoms with E-state index in [4.69, 9.17) is 0 Å². The predicted molar refractivity (Wildman–Crippen MR) is 78.1 cm³/mol. The zero-order chi connectivity index (χ0) is 15.4. The van der Waals surface area contributed by atoms with Crippen molar-refractivity contribution >= 4 is 11.6 Å². The number of nitrogens with one attached hydrogen (secondary N) is 1. The molecule has 0 aromatic heterocycles. The van der Waals surface area contributed by atoms with Crippen molar-refractivity contribution in [3.05, 3.63) is 65.2 Å². The highest BCUT2D eigenvalue weighted by molar-refractivity contribution is 6.04. The van der Waals surface area contributed by atoms with E-state index in [9.17, 15) is 13.6 Å². The van der Waals surface area contributed by atoms with Crippen molar-refractivity contribution in [1.29, 1.82) is 0 Å². The fraction of sp³-hybridized carbons (Fsp3) is 0.188. The molecule has 0 aliphatic rings. The largest absolute Gasteiger partial charge is 0.322 e. The molecule has 0 radical (unpaired) electrons. The molecule has 5 heteroatoms. The number of hydrogen-bond acceptors (Lipinski definition) is 2. The summed E-state index contributed by atoms with van der Waals surface area (Å²) in [5.74, 6) is -2.48. The van der Waals surface area contributed by atoms with Gasteiger partial charge in [0.1, 0.15) is 0 Å². The maximum Gasteiger partial charge on any atom is 0.255 e. The van der Waals surface area contributed by atoms with Crippen molar-refractivity contribution in [2.75, 3.05) is 19.4 Å². The standard InChI is InChI=1S/C16H16F2N2O/c1-20(2)10-12-5-3-4-6-15(12)19-16(21)11-7-8-13(17)14(18)9-11/h3-9H,10H2,1-2H3,(H,19,21). The van der Waals surface area contributed by atoms with Gasteiger partial charge < -0.3 is 10.2 Å². The Hall–Kier alpha value is -2.27. The second-order valence-electron chi connectivity index (χ2n) is 4.98. The minimum atomic E-state index is -1.04. The summed E-state index contributed by atoms with van der Waals surface area (Å²) in [7, 11) is 3.85. The van der Waals surface area contributed by atoms with E-state index in [1.165, 1.54) is 6.07 Å². The molecule has 1 amide bonds. The third-order valence-corrected chi connectivity index (χ3v) is 2.93. The quantitative estimate of drug-likeness (QED) is 0.937. The third-order valence-electron chi connectivity index (χ3n) is 2.93. The van der Waals surface area contributed by atoms with Gasteiger partial charge in [0.05, 0.1) is 0 Å². The van der Waals surface area contributed by atoms with Gasteiger partial charge in [0, 0.05) is 17.8 Å². The average Bonchev–Trinajstić information content (AvgIpc) is 2.43. The summed E-state index contributed by atoms with van der Waals surface area (Å²) in [5, 5.41) is 2.72. The number of nitrogens with zero attached hydrogens (tertiary/aromatic N) is 1. The summed E-state index contributed by atoms with van der Waals surface area (Å²) in [4.78, 5) is 14.1. The van der Waals surface area contributed by atoms with Gasteiger partial charge in [0.2, 0.25) is 0 Å². The van der Waals surface area contributed by atoms with Crippen LogP contribution in [0.1, 0.15) is 15.9 Å². The number of para-hydroxylation sites is 1. The Balaban J connectivity index is 2.21. The van der Waals surface area contributed by atoms with Crippen LogP contribution in [0.4, 0.5) is 14.5 Å². The molecular formula is C16H16F2N2O. The van der Waals surface area contributed by atoms with Gasteiger partial charge >= 0.3 is 0 Å². The van der Waals surface area contributed by atoms with Crippen molar-refractivity contribution in [2.45, 2.75) is 6.54 Å². The van der Waals surface area contributed by atoms with E-state index >= 15 is 0 Å². The van der Waals surface area contributed by atoms with Crippen molar-refractivity contribution < 1.29 is 13.6 Å². The maximum atomic E-state index is 13.2. The topological polar surface area (TPSA) is 32.3 Å². The van der Waals surface area contributed by atoms with E-state index in [2.05, 4.69) is 5.32 Å². The Labute approximate surface area is 122 Å². The molecule has 0 aliphatic heterocycles. The molecule has 110 valence electrons. The highest BCUT2D eigenvalue weighted by Crippen LogP contribution is 2.18. The molecule has 0 saturated carbocycles. The lowest BCUT2D eigenvalue weighted by molar-refractivity contribution is 0.102. The van der Waals surface area contributed by atoms with E-state index in [0.717, 1.165) is 17.7 Å². The fourth-order valence-electron chi connectivity index (χ4n) is 1.95. The molecule has 0 aliphatic carbocycles. The van der Waals surface area contributed by atoms with E-state index in [1.807, 2.05) is 31.1 Å². The summed E-state index contributed by atoms with van der Waals surface area (Å²) < 4.78 is 26.1. The summed E-state index contributed by atoms with van der Waals surface area (Å²) in [5.41, 5.74) is 1.67. The van der Waals surface area contributed by atoms with Crippen LogP contribution in [0.25, 0.3) is 0 Å². The lowest BCUT2D eigenvalue weighted by Gasteiger charge is -2.15. The number of anilines is 1. The molecule has 3 nitrogen and oxygen atoms in total. The van der Waals surface area contributed by atoms with Gasteiger partial charge in [-0.1, -0.05) is 18.2 Å². The minimum absolute atomic E-state index is 0.0774. The third kappa shape index (κ3) is 3.86. The lowest BCUT2D eigenvalue weighted by atomic mass is 10.1. The van der Waals surface area contributed by atoms with Crippen molar-refractivity contribution in [3.63, 3.8) is 0 Å².